The van der Waals surface area contributed by atoms with Crippen LogP contribution >= 0.6 is 0 Å². The molecular weight excluding hydrogens is 228 g/mol. The zero-order valence-electron chi connectivity index (χ0n) is 10.6. The minimum absolute atomic E-state index is 0.361. The molecule has 2 fully saturated rings. The maximum absolute atomic E-state index is 5.89. The van der Waals surface area contributed by atoms with Crippen molar-refractivity contribution in [1.29, 1.82) is 0 Å². The summed E-state index contributed by atoms with van der Waals surface area (Å²) in [7, 11) is 0. The van der Waals surface area contributed by atoms with Gasteiger partial charge in [-0.15, -0.1) is 5.10 Å². The largest absolute Gasteiger partial charge is 0.374 e. The third-order valence-electron chi connectivity index (χ3n) is 4.01. The molecule has 0 bridgehead atoms. The summed E-state index contributed by atoms with van der Waals surface area (Å²) in [4.78, 5) is 2.36. The molecule has 1 aromatic rings. The Hall–Kier alpha value is -1.20. The number of rotatable bonds is 2. The van der Waals surface area contributed by atoms with E-state index in [1.54, 1.807) is 6.20 Å². The summed E-state index contributed by atoms with van der Waals surface area (Å²) >= 11 is 0. The second-order valence-electron chi connectivity index (χ2n) is 5.04. The van der Waals surface area contributed by atoms with Crippen molar-refractivity contribution in [3.8, 4) is 0 Å². The second-order valence-corrected chi connectivity index (χ2v) is 5.04. The Balaban J connectivity index is 1.89. The van der Waals surface area contributed by atoms with Gasteiger partial charge in [-0.25, -0.2) is 0 Å². The highest BCUT2D eigenvalue weighted by atomic mass is 16.5. The maximum atomic E-state index is 5.89. The Bertz CT molecular complexity index is 410. The van der Waals surface area contributed by atoms with Gasteiger partial charge in [0, 0.05) is 18.7 Å². The molecular formula is C13H20N4O. The van der Waals surface area contributed by atoms with E-state index in [-0.39, 0.29) is 0 Å². The fourth-order valence-corrected chi connectivity index (χ4v) is 3.11. The van der Waals surface area contributed by atoms with Gasteiger partial charge in [0.1, 0.15) is 0 Å². The highest BCUT2D eigenvalue weighted by molar-refractivity contribution is 5.47. The van der Waals surface area contributed by atoms with Crippen molar-refractivity contribution in [3.63, 3.8) is 0 Å². The molecule has 0 aromatic carbocycles. The lowest BCUT2D eigenvalue weighted by Crippen LogP contribution is -2.53. The Morgan fingerprint density at radius 2 is 2.28 bits per heavy atom. The Labute approximate surface area is 107 Å². The quantitative estimate of drug-likeness (QED) is 0.848. The van der Waals surface area contributed by atoms with E-state index >= 15 is 0 Å². The van der Waals surface area contributed by atoms with Crippen molar-refractivity contribution in [3.05, 3.63) is 17.8 Å². The molecule has 2 aliphatic rings. The van der Waals surface area contributed by atoms with Crippen LogP contribution in [0.25, 0.3) is 0 Å². The highest BCUT2D eigenvalue weighted by Crippen LogP contribution is 2.32. The third kappa shape index (κ3) is 2.08. The molecule has 0 amide bonds. The topological polar surface area (TPSA) is 64.3 Å². The van der Waals surface area contributed by atoms with Crippen molar-refractivity contribution >= 4 is 5.82 Å². The summed E-state index contributed by atoms with van der Waals surface area (Å²) < 4.78 is 5.89. The van der Waals surface area contributed by atoms with Crippen LogP contribution in [0.2, 0.25) is 0 Å². The first-order valence-corrected chi connectivity index (χ1v) is 6.79. The molecule has 1 aliphatic carbocycles. The van der Waals surface area contributed by atoms with E-state index < -0.39 is 0 Å². The van der Waals surface area contributed by atoms with Crippen LogP contribution in [0.3, 0.4) is 0 Å². The predicted molar refractivity (Wildman–Crippen MR) is 69.3 cm³/mol. The lowest BCUT2D eigenvalue weighted by molar-refractivity contribution is -0.00911. The molecule has 2 unspecified atom stereocenters. The van der Waals surface area contributed by atoms with Crippen LogP contribution in [0, 0.1) is 0 Å². The second kappa shape index (κ2) is 5.20. The predicted octanol–water partition coefficient (Wildman–Crippen LogP) is 1.08. The number of anilines is 1. The molecule has 98 valence electrons. The van der Waals surface area contributed by atoms with Crippen LogP contribution in [-0.2, 0) is 11.3 Å². The summed E-state index contributed by atoms with van der Waals surface area (Å²) in [5.41, 5.74) is 6.88. The van der Waals surface area contributed by atoms with Gasteiger partial charge in [-0.05, 0) is 18.9 Å². The van der Waals surface area contributed by atoms with E-state index in [0.29, 0.717) is 18.7 Å². The average molecular weight is 248 g/mol. The summed E-state index contributed by atoms with van der Waals surface area (Å²) in [6.07, 6.45) is 6.98. The van der Waals surface area contributed by atoms with E-state index in [1.165, 1.54) is 25.7 Å². The van der Waals surface area contributed by atoms with Gasteiger partial charge in [-0.2, -0.15) is 5.10 Å². The zero-order chi connectivity index (χ0) is 12.4. The highest BCUT2D eigenvalue weighted by Gasteiger charge is 2.35. The number of morpholine rings is 1. The van der Waals surface area contributed by atoms with Crippen molar-refractivity contribution < 1.29 is 4.74 Å². The number of hydrogen-bond donors (Lipinski definition) is 1. The Morgan fingerprint density at radius 3 is 3.17 bits per heavy atom. The number of ether oxygens (including phenoxy) is 1. The number of aromatic nitrogens is 2. The van der Waals surface area contributed by atoms with Gasteiger partial charge in [0.05, 0.1) is 24.9 Å². The van der Waals surface area contributed by atoms with E-state index in [4.69, 9.17) is 10.5 Å². The van der Waals surface area contributed by atoms with E-state index in [2.05, 4.69) is 15.1 Å². The number of nitrogens with two attached hydrogens (primary N) is 1. The van der Waals surface area contributed by atoms with Gasteiger partial charge in [0.15, 0.2) is 5.82 Å². The SMILES string of the molecule is NCc1ccnnc1N1CCOC2CCCCC21. The summed E-state index contributed by atoms with van der Waals surface area (Å²) in [6, 6.07) is 2.42. The standard InChI is InChI=1S/C13H20N4O/c14-9-10-5-6-15-16-13(10)17-7-8-18-12-4-2-1-3-11(12)17/h5-6,11-12H,1-4,7-9,14H2. The van der Waals surface area contributed by atoms with Crippen LogP contribution in [0.5, 0.6) is 0 Å². The molecule has 0 spiro atoms. The van der Waals surface area contributed by atoms with Gasteiger partial charge in [0.25, 0.3) is 0 Å². The molecule has 1 saturated carbocycles. The Morgan fingerprint density at radius 1 is 1.39 bits per heavy atom. The molecule has 2 heterocycles. The minimum Gasteiger partial charge on any atom is -0.374 e. The molecule has 1 aliphatic heterocycles. The first-order chi connectivity index (χ1) is 8.90. The molecule has 5 heteroatoms. The van der Waals surface area contributed by atoms with Crippen LogP contribution in [0.1, 0.15) is 31.2 Å². The smallest absolute Gasteiger partial charge is 0.156 e. The summed E-state index contributed by atoms with van der Waals surface area (Å²) in [5, 5.41) is 8.32. The number of hydrogen-bond acceptors (Lipinski definition) is 5. The zero-order valence-corrected chi connectivity index (χ0v) is 10.6. The van der Waals surface area contributed by atoms with E-state index in [0.717, 1.165) is 24.5 Å². The lowest BCUT2D eigenvalue weighted by atomic mass is 9.90. The first-order valence-electron chi connectivity index (χ1n) is 6.79. The molecule has 5 nitrogen and oxygen atoms in total. The molecule has 18 heavy (non-hydrogen) atoms. The van der Waals surface area contributed by atoms with Crippen molar-refractivity contribution in [2.45, 2.75) is 44.4 Å². The van der Waals surface area contributed by atoms with Crippen molar-refractivity contribution in [2.24, 2.45) is 5.73 Å². The van der Waals surface area contributed by atoms with Crippen molar-refractivity contribution in [2.75, 3.05) is 18.1 Å². The van der Waals surface area contributed by atoms with Crippen LogP contribution in [0.4, 0.5) is 5.82 Å². The molecule has 2 atom stereocenters. The lowest BCUT2D eigenvalue weighted by Gasteiger charge is -2.44. The van der Waals surface area contributed by atoms with Crippen LogP contribution in [-0.4, -0.2) is 35.5 Å². The fourth-order valence-electron chi connectivity index (χ4n) is 3.11. The van der Waals surface area contributed by atoms with Gasteiger partial charge in [-0.1, -0.05) is 12.8 Å². The molecule has 1 aromatic heterocycles. The first kappa shape index (κ1) is 11.9. The summed E-state index contributed by atoms with van der Waals surface area (Å²) in [5.74, 6) is 0.959. The average Bonchev–Trinajstić information content (AvgIpc) is 2.46. The molecule has 3 rings (SSSR count). The molecule has 0 radical (unpaired) electrons. The molecule has 2 N–H and O–H groups in total. The Kier molecular flexibility index (Phi) is 3.43. The van der Waals surface area contributed by atoms with Crippen LogP contribution in [0.15, 0.2) is 12.3 Å². The molecule has 1 saturated heterocycles. The van der Waals surface area contributed by atoms with Gasteiger partial charge >= 0.3 is 0 Å². The van der Waals surface area contributed by atoms with Gasteiger partial charge in [-0.3, -0.25) is 0 Å². The number of fused-ring (bicyclic) bond motifs is 1. The monoisotopic (exact) mass is 248 g/mol. The number of nitrogens with zero attached hydrogens (tertiary/aromatic N) is 3. The van der Waals surface area contributed by atoms with Crippen LogP contribution < -0.4 is 10.6 Å². The normalized spacial score (nSPS) is 27.9. The van der Waals surface area contributed by atoms with E-state index in [1.807, 2.05) is 6.07 Å². The summed E-state index contributed by atoms with van der Waals surface area (Å²) in [6.45, 7) is 2.19. The van der Waals surface area contributed by atoms with Gasteiger partial charge < -0.3 is 15.4 Å². The minimum atomic E-state index is 0.361. The third-order valence-corrected chi connectivity index (χ3v) is 4.01. The maximum Gasteiger partial charge on any atom is 0.156 e. The van der Waals surface area contributed by atoms with E-state index in [9.17, 15) is 0 Å². The van der Waals surface area contributed by atoms with Crippen molar-refractivity contribution in [1.82, 2.24) is 10.2 Å². The van der Waals surface area contributed by atoms with Gasteiger partial charge in [0.2, 0.25) is 0 Å². The fraction of sp³-hybridized carbons (Fsp3) is 0.692.